The van der Waals surface area contributed by atoms with Crippen molar-refractivity contribution in [2.45, 2.75) is 34.1 Å². The third-order valence-electron chi connectivity index (χ3n) is 3.81. The Morgan fingerprint density at radius 2 is 1.53 bits per heavy atom. The fourth-order valence-corrected chi connectivity index (χ4v) is 2.29. The molecular weight excluding hydrogens is 242 g/mol. The van der Waals surface area contributed by atoms with Gasteiger partial charge in [0.05, 0.1) is 0 Å². The summed E-state index contributed by atoms with van der Waals surface area (Å²) in [5.74, 6) is -0.516. The Balaban J connectivity index is 2.47. The van der Waals surface area contributed by atoms with Crippen LogP contribution >= 0.6 is 0 Å². The van der Waals surface area contributed by atoms with Gasteiger partial charge in [-0.15, -0.1) is 0 Å². The van der Waals surface area contributed by atoms with Gasteiger partial charge in [0.25, 0.3) is 0 Å². The predicted molar refractivity (Wildman–Crippen MR) is 74.6 cm³/mol. The van der Waals surface area contributed by atoms with E-state index in [1.807, 2.05) is 33.8 Å². The molecule has 0 saturated carbocycles. The SMILES string of the molecule is Cc1ccc(Cc2c(F)cc(C)c(C)c2C)c(F)c1. The van der Waals surface area contributed by atoms with E-state index in [-0.39, 0.29) is 11.6 Å². The molecule has 19 heavy (non-hydrogen) atoms. The molecule has 2 aromatic rings. The van der Waals surface area contributed by atoms with Crippen molar-refractivity contribution in [2.75, 3.05) is 0 Å². The Bertz CT molecular complexity index is 628. The summed E-state index contributed by atoms with van der Waals surface area (Å²) >= 11 is 0. The van der Waals surface area contributed by atoms with Gasteiger partial charge in [0, 0.05) is 6.42 Å². The molecule has 0 aromatic heterocycles. The van der Waals surface area contributed by atoms with Crippen molar-refractivity contribution in [2.24, 2.45) is 0 Å². The van der Waals surface area contributed by atoms with Crippen molar-refractivity contribution in [3.63, 3.8) is 0 Å². The summed E-state index contributed by atoms with van der Waals surface area (Å²) in [6.45, 7) is 7.60. The summed E-state index contributed by atoms with van der Waals surface area (Å²) in [6, 6.07) is 6.61. The maximum atomic E-state index is 14.1. The molecule has 2 aromatic carbocycles. The molecule has 0 amide bonds. The van der Waals surface area contributed by atoms with Crippen LogP contribution in [-0.4, -0.2) is 0 Å². The van der Waals surface area contributed by atoms with Crippen LogP contribution in [0.25, 0.3) is 0 Å². The number of rotatable bonds is 2. The van der Waals surface area contributed by atoms with E-state index < -0.39 is 0 Å². The molecule has 0 aliphatic rings. The van der Waals surface area contributed by atoms with Crippen LogP contribution in [0.15, 0.2) is 24.3 Å². The van der Waals surface area contributed by atoms with Crippen LogP contribution < -0.4 is 0 Å². The lowest BCUT2D eigenvalue weighted by molar-refractivity contribution is 0.596. The minimum Gasteiger partial charge on any atom is -0.207 e. The van der Waals surface area contributed by atoms with Crippen molar-refractivity contribution in [1.82, 2.24) is 0 Å². The fraction of sp³-hybridized carbons (Fsp3) is 0.294. The van der Waals surface area contributed by atoms with Gasteiger partial charge in [0.1, 0.15) is 11.6 Å². The first-order valence-corrected chi connectivity index (χ1v) is 6.40. The molecule has 100 valence electrons. The van der Waals surface area contributed by atoms with E-state index in [0.717, 1.165) is 22.3 Å². The van der Waals surface area contributed by atoms with Crippen molar-refractivity contribution >= 4 is 0 Å². The van der Waals surface area contributed by atoms with Crippen LogP contribution in [0.5, 0.6) is 0 Å². The third kappa shape index (κ3) is 2.67. The first-order chi connectivity index (χ1) is 8.90. The largest absolute Gasteiger partial charge is 0.207 e. The Hall–Kier alpha value is -1.70. The molecular formula is C17H18F2. The Morgan fingerprint density at radius 3 is 2.16 bits per heavy atom. The molecule has 0 spiro atoms. The number of aryl methyl sites for hydroxylation is 2. The van der Waals surface area contributed by atoms with Crippen LogP contribution in [0.2, 0.25) is 0 Å². The zero-order valence-electron chi connectivity index (χ0n) is 11.8. The van der Waals surface area contributed by atoms with E-state index in [9.17, 15) is 8.78 Å². The van der Waals surface area contributed by atoms with Gasteiger partial charge in [-0.3, -0.25) is 0 Å². The highest BCUT2D eigenvalue weighted by atomic mass is 19.1. The van der Waals surface area contributed by atoms with Gasteiger partial charge in [0.15, 0.2) is 0 Å². The lowest BCUT2D eigenvalue weighted by atomic mass is 9.93. The van der Waals surface area contributed by atoms with Crippen LogP contribution in [0.3, 0.4) is 0 Å². The average molecular weight is 260 g/mol. The van der Waals surface area contributed by atoms with Crippen LogP contribution in [-0.2, 0) is 6.42 Å². The van der Waals surface area contributed by atoms with E-state index in [1.165, 1.54) is 12.1 Å². The van der Waals surface area contributed by atoms with Gasteiger partial charge in [-0.05, 0) is 73.2 Å². The summed E-state index contributed by atoms with van der Waals surface area (Å²) in [7, 11) is 0. The molecule has 0 N–H and O–H groups in total. The van der Waals surface area contributed by atoms with Crippen molar-refractivity contribution in [3.8, 4) is 0 Å². The Kier molecular flexibility index (Phi) is 3.70. The second-order valence-corrected chi connectivity index (χ2v) is 5.18. The fourth-order valence-electron chi connectivity index (χ4n) is 2.29. The van der Waals surface area contributed by atoms with E-state index in [2.05, 4.69) is 0 Å². The third-order valence-corrected chi connectivity index (χ3v) is 3.81. The van der Waals surface area contributed by atoms with Gasteiger partial charge < -0.3 is 0 Å². The molecule has 0 heterocycles. The summed E-state index contributed by atoms with van der Waals surface area (Å²) in [6.07, 6.45) is 0.297. The summed E-state index contributed by atoms with van der Waals surface area (Å²) < 4.78 is 27.9. The molecule has 2 heteroatoms. The first kappa shape index (κ1) is 13.7. The van der Waals surface area contributed by atoms with Crippen molar-refractivity contribution in [3.05, 3.63) is 69.3 Å². The maximum absolute atomic E-state index is 14.1. The summed E-state index contributed by atoms with van der Waals surface area (Å²) in [5.41, 5.74) is 4.92. The Labute approximate surface area is 113 Å². The summed E-state index contributed by atoms with van der Waals surface area (Å²) in [4.78, 5) is 0. The molecule has 0 fully saturated rings. The maximum Gasteiger partial charge on any atom is 0.127 e. The summed E-state index contributed by atoms with van der Waals surface area (Å²) in [5, 5.41) is 0. The average Bonchev–Trinajstić information content (AvgIpc) is 2.34. The molecule has 0 nitrogen and oxygen atoms in total. The number of benzene rings is 2. The van der Waals surface area contributed by atoms with Crippen molar-refractivity contribution in [1.29, 1.82) is 0 Å². The van der Waals surface area contributed by atoms with Gasteiger partial charge in [-0.2, -0.15) is 0 Å². The van der Waals surface area contributed by atoms with Gasteiger partial charge >= 0.3 is 0 Å². The standard InChI is InChI=1S/C17H18F2/c1-10-5-6-14(16(18)7-10)9-15-13(4)12(3)11(2)8-17(15)19/h5-8H,9H2,1-4H3. The number of hydrogen-bond acceptors (Lipinski definition) is 0. The first-order valence-electron chi connectivity index (χ1n) is 6.40. The number of halogens is 2. The van der Waals surface area contributed by atoms with Gasteiger partial charge in [0.2, 0.25) is 0 Å². The second kappa shape index (κ2) is 5.12. The van der Waals surface area contributed by atoms with Gasteiger partial charge in [-0.1, -0.05) is 12.1 Å². The molecule has 0 aliphatic heterocycles. The molecule has 0 saturated heterocycles. The van der Waals surface area contributed by atoms with E-state index in [1.54, 1.807) is 6.07 Å². The van der Waals surface area contributed by atoms with Crippen LogP contribution in [0.1, 0.15) is 33.4 Å². The quantitative estimate of drug-likeness (QED) is 0.728. The molecule has 0 unspecified atom stereocenters. The van der Waals surface area contributed by atoms with E-state index >= 15 is 0 Å². The molecule has 0 radical (unpaired) electrons. The molecule has 2 rings (SSSR count). The minimum absolute atomic E-state index is 0.249. The lowest BCUT2D eigenvalue weighted by Gasteiger charge is -2.13. The van der Waals surface area contributed by atoms with Crippen LogP contribution in [0.4, 0.5) is 8.78 Å². The Morgan fingerprint density at radius 1 is 0.842 bits per heavy atom. The zero-order chi connectivity index (χ0) is 14.2. The van der Waals surface area contributed by atoms with Crippen molar-refractivity contribution < 1.29 is 8.78 Å². The highest BCUT2D eigenvalue weighted by Crippen LogP contribution is 2.24. The molecule has 0 atom stereocenters. The zero-order valence-corrected chi connectivity index (χ0v) is 11.8. The van der Waals surface area contributed by atoms with E-state index in [4.69, 9.17) is 0 Å². The predicted octanol–water partition coefficient (Wildman–Crippen LogP) is 4.79. The highest BCUT2D eigenvalue weighted by molar-refractivity contribution is 5.42. The van der Waals surface area contributed by atoms with Crippen LogP contribution in [0, 0.1) is 39.3 Å². The monoisotopic (exact) mass is 260 g/mol. The lowest BCUT2D eigenvalue weighted by Crippen LogP contribution is -2.02. The second-order valence-electron chi connectivity index (χ2n) is 5.18. The smallest absolute Gasteiger partial charge is 0.127 e. The van der Waals surface area contributed by atoms with Gasteiger partial charge in [-0.25, -0.2) is 8.78 Å². The normalized spacial score (nSPS) is 10.8. The topological polar surface area (TPSA) is 0 Å². The number of hydrogen-bond donors (Lipinski definition) is 0. The molecule has 0 bridgehead atoms. The molecule has 0 aliphatic carbocycles. The minimum atomic E-state index is -0.267. The highest BCUT2D eigenvalue weighted by Gasteiger charge is 2.13. The van der Waals surface area contributed by atoms with E-state index in [0.29, 0.717) is 17.5 Å².